The van der Waals surface area contributed by atoms with Gasteiger partial charge in [0.05, 0.1) is 0 Å². The molecule has 2 aromatic rings. The Morgan fingerprint density at radius 1 is 1.17 bits per heavy atom. The van der Waals surface area contributed by atoms with Gasteiger partial charge in [-0.3, -0.25) is 4.79 Å². The fourth-order valence-electron chi connectivity index (χ4n) is 2.87. The number of carbonyl (C=O) groups is 1. The van der Waals surface area contributed by atoms with E-state index in [1.165, 1.54) is 18.2 Å². The summed E-state index contributed by atoms with van der Waals surface area (Å²) in [6.07, 6.45) is 2.00. The molecule has 1 aliphatic rings. The second-order valence-electron chi connectivity index (χ2n) is 6.03. The number of hydrogen-bond acceptors (Lipinski definition) is 4. The zero-order valence-corrected chi connectivity index (χ0v) is 14.4. The molecule has 1 atom stereocenters. The molecule has 1 aliphatic carbocycles. The fraction of sp³-hybridized carbons (Fsp3) is 0.211. The van der Waals surface area contributed by atoms with E-state index in [2.05, 4.69) is 6.58 Å². The first-order chi connectivity index (χ1) is 11.3. The lowest BCUT2D eigenvalue weighted by molar-refractivity contribution is 0.0946. The van der Waals surface area contributed by atoms with Gasteiger partial charge in [-0.25, -0.2) is 0 Å². The van der Waals surface area contributed by atoms with E-state index in [0.717, 1.165) is 5.56 Å². The third-order valence-corrected chi connectivity index (χ3v) is 5.47. The molecule has 124 valence electrons. The lowest BCUT2D eigenvalue weighted by Crippen LogP contribution is -2.12. The molecule has 0 aromatic heterocycles. The predicted molar refractivity (Wildman–Crippen MR) is 92.7 cm³/mol. The highest BCUT2D eigenvalue weighted by Crippen LogP contribution is 2.38. The number of rotatable bonds is 4. The van der Waals surface area contributed by atoms with Crippen LogP contribution < -0.4 is 4.18 Å². The van der Waals surface area contributed by atoms with E-state index in [1.807, 2.05) is 13.8 Å². The van der Waals surface area contributed by atoms with Crippen molar-refractivity contribution in [2.24, 2.45) is 5.92 Å². The summed E-state index contributed by atoms with van der Waals surface area (Å²) in [4.78, 5) is 12.3. The number of aryl methyl sites for hydroxylation is 1. The van der Waals surface area contributed by atoms with Crippen molar-refractivity contribution in [3.63, 3.8) is 0 Å². The Morgan fingerprint density at radius 3 is 2.46 bits per heavy atom. The van der Waals surface area contributed by atoms with Crippen molar-refractivity contribution < 1.29 is 17.4 Å². The number of carbonyl (C=O) groups excluding carboxylic acids is 1. The largest absolute Gasteiger partial charge is 0.378 e. The van der Waals surface area contributed by atoms with Crippen molar-refractivity contribution >= 4 is 22.0 Å². The lowest BCUT2D eigenvalue weighted by Gasteiger charge is -2.13. The minimum atomic E-state index is -3.98. The van der Waals surface area contributed by atoms with E-state index in [9.17, 15) is 13.2 Å². The highest BCUT2D eigenvalue weighted by Gasteiger charge is 2.32. The van der Waals surface area contributed by atoms with Gasteiger partial charge in [0, 0.05) is 22.6 Å². The average molecular weight is 342 g/mol. The van der Waals surface area contributed by atoms with Crippen LogP contribution in [-0.2, 0) is 16.5 Å². The zero-order valence-electron chi connectivity index (χ0n) is 13.6. The second kappa shape index (κ2) is 5.91. The Bertz CT molecular complexity index is 925. The molecule has 0 N–H and O–H groups in total. The topological polar surface area (TPSA) is 60.4 Å². The number of fused-ring (bicyclic) bond motifs is 1. The summed E-state index contributed by atoms with van der Waals surface area (Å²) in [5.74, 6) is 0.0449. The van der Waals surface area contributed by atoms with Crippen LogP contribution in [0.3, 0.4) is 0 Å². The Morgan fingerprint density at radius 2 is 1.83 bits per heavy atom. The van der Waals surface area contributed by atoms with Crippen LogP contribution in [0.1, 0.15) is 34.0 Å². The first-order valence-electron chi connectivity index (χ1n) is 7.67. The van der Waals surface area contributed by atoms with Crippen molar-refractivity contribution in [3.05, 3.63) is 65.2 Å². The van der Waals surface area contributed by atoms with E-state index in [-0.39, 0.29) is 22.3 Å². The smallest absolute Gasteiger partial charge is 0.339 e. The maximum atomic E-state index is 12.6. The molecule has 24 heavy (non-hydrogen) atoms. The summed E-state index contributed by atoms with van der Waals surface area (Å²) in [6.45, 7) is 7.42. The predicted octanol–water partition coefficient (Wildman–Crippen LogP) is 3.78. The van der Waals surface area contributed by atoms with Gasteiger partial charge in [0.25, 0.3) is 0 Å². The standard InChI is InChI=1S/C19H18O4S/c1-4-14-7-10-16-17(11-13(3)18(16)20)19(14)23-24(21,22)15-8-5-12(2)6-9-15/h4-10,13H,1,11H2,2-3H3. The summed E-state index contributed by atoms with van der Waals surface area (Å²) in [5.41, 5.74) is 2.69. The molecular formula is C19H18O4S. The van der Waals surface area contributed by atoms with Crippen molar-refractivity contribution in [1.29, 1.82) is 0 Å². The zero-order chi connectivity index (χ0) is 17.5. The lowest BCUT2D eigenvalue weighted by atomic mass is 10.0. The van der Waals surface area contributed by atoms with E-state index in [4.69, 9.17) is 4.18 Å². The molecule has 5 heteroatoms. The van der Waals surface area contributed by atoms with Gasteiger partial charge in [-0.1, -0.05) is 49.4 Å². The highest BCUT2D eigenvalue weighted by atomic mass is 32.2. The average Bonchev–Trinajstić information content (AvgIpc) is 2.83. The molecule has 0 bridgehead atoms. The van der Waals surface area contributed by atoms with Crippen molar-refractivity contribution in [2.45, 2.75) is 25.2 Å². The molecule has 2 aromatic carbocycles. The summed E-state index contributed by atoms with van der Waals surface area (Å²) >= 11 is 0. The van der Waals surface area contributed by atoms with Crippen LogP contribution in [0.5, 0.6) is 5.75 Å². The molecular weight excluding hydrogens is 324 g/mol. The van der Waals surface area contributed by atoms with Crippen LogP contribution in [0.15, 0.2) is 47.9 Å². The highest BCUT2D eigenvalue weighted by molar-refractivity contribution is 7.87. The van der Waals surface area contributed by atoms with Crippen LogP contribution in [-0.4, -0.2) is 14.2 Å². The second-order valence-corrected chi connectivity index (χ2v) is 7.58. The minimum absolute atomic E-state index is 0.0122. The van der Waals surface area contributed by atoms with E-state index in [1.54, 1.807) is 24.3 Å². The van der Waals surface area contributed by atoms with Crippen LogP contribution in [0.25, 0.3) is 6.08 Å². The summed E-state index contributed by atoms with van der Waals surface area (Å²) in [6, 6.07) is 9.83. The number of benzene rings is 2. The van der Waals surface area contributed by atoms with Crippen LogP contribution in [0.2, 0.25) is 0 Å². The Balaban J connectivity index is 2.09. The van der Waals surface area contributed by atoms with Crippen LogP contribution >= 0.6 is 0 Å². The number of hydrogen-bond donors (Lipinski definition) is 0. The molecule has 0 saturated carbocycles. The van der Waals surface area contributed by atoms with Crippen molar-refractivity contribution in [3.8, 4) is 5.75 Å². The summed E-state index contributed by atoms with van der Waals surface area (Å²) < 4.78 is 30.6. The van der Waals surface area contributed by atoms with Gasteiger partial charge < -0.3 is 4.18 Å². The monoisotopic (exact) mass is 342 g/mol. The third kappa shape index (κ3) is 2.76. The molecule has 0 amide bonds. The Hall–Kier alpha value is -2.40. The van der Waals surface area contributed by atoms with Gasteiger partial charge in [-0.2, -0.15) is 8.42 Å². The van der Waals surface area contributed by atoms with Gasteiger partial charge >= 0.3 is 10.1 Å². The maximum absolute atomic E-state index is 12.6. The molecule has 0 fully saturated rings. The van der Waals surface area contributed by atoms with E-state index in [0.29, 0.717) is 23.1 Å². The first-order valence-corrected chi connectivity index (χ1v) is 9.08. The molecule has 0 radical (unpaired) electrons. The number of ketones is 1. The van der Waals surface area contributed by atoms with Crippen molar-refractivity contribution in [2.75, 3.05) is 0 Å². The van der Waals surface area contributed by atoms with Crippen LogP contribution in [0, 0.1) is 12.8 Å². The molecule has 0 spiro atoms. The first kappa shape index (κ1) is 16.5. The molecule has 0 heterocycles. The van der Waals surface area contributed by atoms with Gasteiger partial charge in [0.15, 0.2) is 11.5 Å². The fourth-order valence-corrected chi connectivity index (χ4v) is 3.85. The van der Waals surface area contributed by atoms with Gasteiger partial charge in [0.1, 0.15) is 4.90 Å². The molecule has 1 unspecified atom stereocenters. The SMILES string of the molecule is C=Cc1ccc2c(c1OS(=O)(=O)c1ccc(C)cc1)CC(C)C2=O. The van der Waals surface area contributed by atoms with E-state index < -0.39 is 10.1 Å². The maximum Gasteiger partial charge on any atom is 0.339 e. The Labute approximate surface area is 141 Å². The quantitative estimate of drug-likeness (QED) is 0.793. The molecule has 0 saturated heterocycles. The third-order valence-electron chi connectivity index (χ3n) is 4.24. The van der Waals surface area contributed by atoms with Gasteiger partial charge in [-0.05, 0) is 25.5 Å². The van der Waals surface area contributed by atoms with Crippen LogP contribution in [0.4, 0.5) is 0 Å². The van der Waals surface area contributed by atoms with Gasteiger partial charge in [-0.15, -0.1) is 0 Å². The molecule has 0 aliphatic heterocycles. The van der Waals surface area contributed by atoms with Crippen molar-refractivity contribution in [1.82, 2.24) is 0 Å². The number of Topliss-reactive ketones (excluding diaryl/α,β-unsaturated/α-hetero) is 1. The summed E-state index contributed by atoms with van der Waals surface area (Å²) in [5, 5.41) is 0. The summed E-state index contributed by atoms with van der Waals surface area (Å²) in [7, 11) is -3.98. The Kier molecular flexibility index (Phi) is 4.05. The minimum Gasteiger partial charge on any atom is -0.378 e. The molecule has 3 rings (SSSR count). The normalized spacial score (nSPS) is 16.8. The molecule has 4 nitrogen and oxygen atoms in total. The van der Waals surface area contributed by atoms with Gasteiger partial charge in [0.2, 0.25) is 0 Å². The van der Waals surface area contributed by atoms with E-state index >= 15 is 0 Å².